The molecule has 0 fully saturated rings. The van der Waals surface area contributed by atoms with Crippen LogP contribution in [0, 0.1) is 0 Å². The van der Waals surface area contributed by atoms with Crippen molar-refractivity contribution >= 4 is 11.6 Å². The van der Waals surface area contributed by atoms with E-state index in [2.05, 4.69) is 10.3 Å². The number of benzene rings is 2. The maximum atomic E-state index is 12.3. The van der Waals surface area contributed by atoms with E-state index in [-0.39, 0.29) is 5.91 Å². The lowest BCUT2D eigenvalue weighted by atomic mass is 10.0. The van der Waals surface area contributed by atoms with E-state index < -0.39 is 6.10 Å². The smallest absolute Gasteiger partial charge is 0.255 e. The van der Waals surface area contributed by atoms with E-state index in [0.717, 1.165) is 11.3 Å². The molecule has 1 unspecified atom stereocenters. The van der Waals surface area contributed by atoms with Crippen LogP contribution < -0.4 is 5.32 Å². The van der Waals surface area contributed by atoms with Crippen LogP contribution in [0.1, 0.15) is 27.7 Å². The fraction of sp³-hybridized carbons (Fsp3) is 0.0526. The fourth-order valence-corrected chi connectivity index (χ4v) is 2.27. The molecule has 0 saturated carbocycles. The molecule has 4 heteroatoms. The standard InChI is InChI=1S/C19H16N2O2/c22-18(14-7-3-1-4-8-14)17-13-15(11-12-20-17)19(23)21-16-9-5-2-6-10-16/h1-13,18,22H,(H,21,23). The number of nitrogens with zero attached hydrogens (tertiary/aromatic N) is 1. The van der Waals surface area contributed by atoms with Gasteiger partial charge in [-0.05, 0) is 29.8 Å². The van der Waals surface area contributed by atoms with Crippen molar-refractivity contribution in [3.05, 3.63) is 95.8 Å². The highest BCUT2D eigenvalue weighted by Gasteiger charge is 2.14. The van der Waals surface area contributed by atoms with Gasteiger partial charge >= 0.3 is 0 Å². The average molecular weight is 304 g/mol. The van der Waals surface area contributed by atoms with Gasteiger partial charge in [0.25, 0.3) is 5.91 Å². The van der Waals surface area contributed by atoms with E-state index in [1.165, 1.54) is 6.20 Å². The molecule has 3 aromatic rings. The molecule has 4 nitrogen and oxygen atoms in total. The third-order valence-electron chi connectivity index (χ3n) is 3.47. The summed E-state index contributed by atoms with van der Waals surface area (Å²) in [6, 6.07) is 21.7. The van der Waals surface area contributed by atoms with Crippen molar-refractivity contribution in [2.24, 2.45) is 0 Å². The summed E-state index contributed by atoms with van der Waals surface area (Å²) in [7, 11) is 0. The van der Waals surface area contributed by atoms with Crippen LogP contribution >= 0.6 is 0 Å². The largest absolute Gasteiger partial charge is 0.382 e. The van der Waals surface area contributed by atoms with Crippen LogP contribution in [0.4, 0.5) is 5.69 Å². The Balaban J connectivity index is 1.81. The monoisotopic (exact) mass is 304 g/mol. The highest BCUT2D eigenvalue weighted by Crippen LogP contribution is 2.20. The van der Waals surface area contributed by atoms with Gasteiger partial charge in [0.2, 0.25) is 0 Å². The number of pyridine rings is 1. The molecule has 0 radical (unpaired) electrons. The Hall–Kier alpha value is -2.98. The number of aliphatic hydroxyl groups excluding tert-OH is 1. The second-order valence-corrected chi connectivity index (χ2v) is 5.10. The zero-order valence-electron chi connectivity index (χ0n) is 12.4. The third kappa shape index (κ3) is 3.62. The molecular formula is C19H16N2O2. The van der Waals surface area contributed by atoms with Crippen LogP contribution in [0.2, 0.25) is 0 Å². The molecule has 1 amide bonds. The van der Waals surface area contributed by atoms with Crippen molar-refractivity contribution in [2.75, 3.05) is 5.32 Å². The SMILES string of the molecule is O=C(Nc1ccccc1)c1ccnc(C(O)c2ccccc2)c1. The van der Waals surface area contributed by atoms with Crippen molar-refractivity contribution in [1.82, 2.24) is 4.98 Å². The van der Waals surface area contributed by atoms with E-state index in [1.54, 1.807) is 12.1 Å². The minimum atomic E-state index is -0.860. The van der Waals surface area contributed by atoms with E-state index in [1.807, 2.05) is 60.7 Å². The number of aromatic nitrogens is 1. The molecule has 1 heterocycles. The van der Waals surface area contributed by atoms with Crippen molar-refractivity contribution in [1.29, 1.82) is 0 Å². The first-order valence-corrected chi connectivity index (χ1v) is 7.29. The number of carbonyl (C=O) groups excluding carboxylic acids is 1. The number of amides is 1. The molecule has 1 atom stereocenters. The predicted octanol–water partition coefficient (Wildman–Crippen LogP) is 3.42. The molecular weight excluding hydrogens is 288 g/mol. The van der Waals surface area contributed by atoms with Crippen LogP contribution in [-0.4, -0.2) is 16.0 Å². The van der Waals surface area contributed by atoms with Gasteiger partial charge in [-0.15, -0.1) is 0 Å². The highest BCUT2D eigenvalue weighted by atomic mass is 16.3. The molecule has 0 saturated heterocycles. The van der Waals surface area contributed by atoms with Gasteiger partial charge in [0.05, 0.1) is 5.69 Å². The topological polar surface area (TPSA) is 62.2 Å². The Kier molecular flexibility index (Phi) is 4.45. The van der Waals surface area contributed by atoms with Crippen molar-refractivity contribution in [2.45, 2.75) is 6.10 Å². The second kappa shape index (κ2) is 6.85. The quantitative estimate of drug-likeness (QED) is 0.776. The first-order chi connectivity index (χ1) is 11.2. The summed E-state index contributed by atoms with van der Waals surface area (Å²) in [5, 5.41) is 13.2. The second-order valence-electron chi connectivity index (χ2n) is 5.10. The van der Waals surface area contributed by atoms with Gasteiger partial charge in [-0.3, -0.25) is 9.78 Å². The molecule has 2 N–H and O–H groups in total. The van der Waals surface area contributed by atoms with Crippen molar-refractivity contribution in [3.63, 3.8) is 0 Å². The zero-order chi connectivity index (χ0) is 16.1. The Morgan fingerprint density at radius 1 is 0.957 bits per heavy atom. The van der Waals surface area contributed by atoms with E-state index in [0.29, 0.717) is 11.3 Å². The Labute approximate surface area is 134 Å². The Bertz CT molecular complexity index is 789. The minimum Gasteiger partial charge on any atom is -0.382 e. The van der Waals surface area contributed by atoms with Gasteiger partial charge in [0.1, 0.15) is 6.10 Å². The van der Waals surface area contributed by atoms with Gasteiger partial charge in [-0.25, -0.2) is 0 Å². The fourth-order valence-electron chi connectivity index (χ4n) is 2.27. The maximum Gasteiger partial charge on any atom is 0.255 e. The van der Waals surface area contributed by atoms with Crippen LogP contribution in [-0.2, 0) is 0 Å². The van der Waals surface area contributed by atoms with Gasteiger partial charge in [-0.1, -0.05) is 48.5 Å². The van der Waals surface area contributed by atoms with Crippen LogP contribution in [0.15, 0.2) is 79.0 Å². The number of carbonyl (C=O) groups is 1. The van der Waals surface area contributed by atoms with E-state index in [4.69, 9.17) is 0 Å². The number of rotatable bonds is 4. The normalized spacial score (nSPS) is 11.7. The number of para-hydroxylation sites is 1. The minimum absolute atomic E-state index is 0.236. The third-order valence-corrected chi connectivity index (χ3v) is 3.47. The summed E-state index contributed by atoms with van der Waals surface area (Å²) in [5.41, 5.74) is 2.35. The number of hydrogen-bond donors (Lipinski definition) is 2. The average Bonchev–Trinajstić information content (AvgIpc) is 2.63. The van der Waals surface area contributed by atoms with Crippen molar-refractivity contribution < 1.29 is 9.90 Å². The van der Waals surface area contributed by atoms with Gasteiger partial charge < -0.3 is 10.4 Å². The van der Waals surface area contributed by atoms with Crippen LogP contribution in [0.3, 0.4) is 0 Å². The lowest BCUT2D eigenvalue weighted by Crippen LogP contribution is -2.13. The van der Waals surface area contributed by atoms with Crippen LogP contribution in [0.25, 0.3) is 0 Å². The van der Waals surface area contributed by atoms with E-state index in [9.17, 15) is 9.90 Å². The molecule has 0 aliphatic heterocycles. The summed E-state index contributed by atoms with van der Waals surface area (Å²) in [6.07, 6.45) is 0.669. The lowest BCUT2D eigenvalue weighted by molar-refractivity contribution is 0.102. The van der Waals surface area contributed by atoms with E-state index >= 15 is 0 Å². The maximum absolute atomic E-state index is 12.3. The molecule has 0 bridgehead atoms. The summed E-state index contributed by atoms with van der Waals surface area (Å²) >= 11 is 0. The molecule has 3 rings (SSSR count). The number of hydrogen-bond acceptors (Lipinski definition) is 3. The number of aliphatic hydroxyl groups is 1. The summed E-state index contributed by atoms with van der Waals surface area (Å²) in [5.74, 6) is -0.236. The van der Waals surface area contributed by atoms with Gasteiger partial charge in [-0.2, -0.15) is 0 Å². The Morgan fingerprint density at radius 2 is 1.61 bits per heavy atom. The lowest BCUT2D eigenvalue weighted by Gasteiger charge is -2.12. The Morgan fingerprint density at radius 3 is 2.30 bits per heavy atom. The first kappa shape index (κ1) is 14.9. The first-order valence-electron chi connectivity index (χ1n) is 7.29. The molecule has 0 aliphatic rings. The molecule has 114 valence electrons. The molecule has 23 heavy (non-hydrogen) atoms. The van der Waals surface area contributed by atoms with Crippen molar-refractivity contribution in [3.8, 4) is 0 Å². The predicted molar refractivity (Wildman–Crippen MR) is 89.1 cm³/mol. The zero-order valence-corrected chi connectivity index (χ0v) is 12.4. The molecule has 0 spiro atoms. The summed E-state index contributed by atoms with van der Waals surface area (Å²) < 4.78 is 0. The molecule has 1 aromatic heterocycles. The van der Waals surface area contributed by atoms with Crippen LogP contribution in [0.5, 0.6) is 0 Å². The summed E-state index contributed by atoms with van der Waals surface area (Å²) in [4.78, 5) is 16.5. The summed E-state index contributed by atoms with van der Waals surface area (Å²) in [6.45, 7) is 0. The van der Waals surface area contributed by atoms with Gasteiger partial charge in [0.15, 0.2) is 0 Å². The highest BCUT2D eigenvalue weighted by molar-refractivity contribution is 6.04. The number of nitrogens with one attached hydrogen (secondary N) is 1. The number of anilines is 1. The van der Waals surface area contributed by atoms with Gasteiger partial charge in [0, 0.05) is 17.4 Å². The molecule has 0 aliphatic carbocycles. The molecule has 2 aromatic carbocycles.